The summed E-state index contributed by atoms with van der Waals surface area (Å²) in [6, 6.07) is 10.4. The predicted octanol–water partition coefficient (Wildman–Crippen LogP) is 2.17. The lowest BCUT2D eigenvalue weighted by Crippen LogP contribution is -2.50. The van der Waals surface area contributed by atoms with Crippen LogP contribution in [0.15, 0.2) is 41.3 Å². The van der Waals surface area contributed by atoms with Crippen molar-refractivity contribution in [3.63, 3.8) is 0 Å². The van der Waals surface area contributed by atoms with Crippen molar-refractivity contribution in [2.45, 2.75) is 31.8 Å². The normalized spacial score (nSPS) is 19.4. The van der Waals surface area contributed by atoms with Gasteiger partial charge in [-0.1, -0.05) is 17.7 Å². The molecular formula is C22H25N3O5S. The molecule has 4 rings (SSSR count). The minimum Gasteiger partial charge on any atom is -0.479 e. The number of nitrogens with one attached hydrogen (secondary N) is 1. The zero-order valence-corrected chi connectivity index (χ0v) is 18.5. The van der Waals surface area contributed by atoms with Crippen LogP contribution in [0.5, 0.6) is 5.75 Å². The number of nitrogens with zero attached hydrogens (tertiary/aromatic N) is 2. The lowest BCUT2D eigenvalue weighted by molar-refractivity contribution is -0.122. The van der Waals surface area contributed by atoms with Crippen molar-refractivity contribution in [1.82, 2.24) is 9.21 Å². The van der Waals surface area contributed by atoms with Gasteiger partial charge in [0.25, 0.3) is 11.8 Å². The number of aryl methyl sites for hydroxylation is 2. The van der Waals surface area contributed by atoms with Crippen molar-refractivity contribution in [3.8, 4) is 5.75 Å². The zero-order chi connectivity index (χ0) is 22.3. The molecule has 164 valence electrons. The summed E-state index contributed by atoms with van der Waals surface area (Å²) in [4.78, 5) is 26.3. The summed E-state index contributed by atoms with van der Waals surface area (Å²) in [5.41, 5.74) is 2.66. The first kappa shape index (κ1) is 21.3. The molecule has 0 spiro atoms. The molecule has 1 fully saturated rings. The molecule has 0 radical (unpaired) electrons. The second-order valence-electron chi connectivity index (χ2n) is 7.93. The summed E-state index contributed by atoms with van der Waals surface area (Å²) in [5.74, 6) is -0.0264. The highest BCUT2D eigenvalue weighted by molar-refractivity contribution is 7.89. The third-order valence-corrected chi connectivity index (χ3v) is 7.69. The first-order chi connectivity index (χ1) is 14.7. The fraction of sp³-hybridized carbons (Fsp3) is 0.364. The maximum atomic E-state index is 13.3. The first-order valence-electron chi connectivity index (χ1n) is 10.1. The van der Waals surface area contributed by atoms with Crippen molar-refractivity contribution < 1.29 is 22.7 Å². The number of piperazine rings is 1. The van der Waals surface area contributed by atoms with Crippen molar-refractivity contribution in [2.24, 2.45) is 0 Å². The molecule has 2 amide bonds. The average molecular weight is 444 g/mol. The number of benzene rings is 2. The predicted molar refractivity (Wildman–Crippen MR) is 116 cm³/mol. The van der Waals surface area contributed by atoms with Gasteiger partial charge in [0.1, 0.15) is 5.75 Å². The van der Waals surface area contributed by atoms with Gasteiger partial charge in [-0.2, -0.15) is 4.31 Å². The molecule has 0 aliphatic carbocycles. The molecule has 0 bridgehead atoms. The van der Waals surface area contributed by atoms with Crippen LogP contribution in [0, 0.1) is 13.8 Å². The van der Waals surface area contributed by atoms with E-state index in [1.54, 1.807) is 36.9 Å². The van der Waals surface area contributed by atoms with Gasteiger partial charge in [0.15, 0.2) is 6.10 Å². The van der Waals surface area contributed by atoms with E-state index in [4.69, 9.17) is 4.74 Å². The molecular weight excluding hydrogens is 418 g/mol. The Kier molecular flexibility index (Phi) is 5.49. The number of amides is 2. The van der Waals surface area contributed by atoms with Crippen LogP contribution in [0.4, 0.5) is 5.69 Å². The third-order valence-electron chi connectivity index (χ3n) is 5.65. The summed E-state index contributed by atoms with van der Waals surface area (Å²) in [6.07, 6.45) is -0.693. The molecule has 2 aromatic rings. The summed E-state index contributed by atoms with van der Waals surface area (Å²) in [7, 11) is -3.77. The van der Waals surface area contributed by atoms with E-state index in [0.29, 0.717) is 35.7 Å². The van der Waals surface area contributed by atoms with Crippen LogP contribution >= 0.6 is 0 Å². The fourth-order valence-corrected chi connectivity index (χ4v) is 5.41. The summed E-state index contributed by atoms with van der Waals surface area (Å²) in [5, 5.41) is 2.73. The second kappa shape index (κ2) is 7.97. The van der Waals surface area contributed by atoms with Crippen LogP contribution in [-0.4, -0.2) is 61.7 Å². The number of hydrogen-bond donors (Lipinski definition) is 1. The van der Waals surface area contributed by atoms with Gasteiger partial charge in [0.2, 0.25) is 10.0 Å². The molecule has 1 saturated heterocycles. The number of hydrogen-bond acceptors (Lipinski definition) is 5. The van der Waals surface area contributed by atoms with Gasteiger partial charge in [-0.3, -0.25) is 9.59 Å². The Hall–Kier alpha value is -2.91. The minimum atomic E-state index is -3.77. The number of fused-ring (bicyclic) bond motifs is 1. The first-order valence-corrected chi connectivity index (χ1v) is 11.6. The highest BCUT2D eigenvalue weighted by atomic mass is 32.2. The molecule has 2 heterocycles. The van der Waals surface area contributed by atoms with E-state index in [9.17, 15) is 18.0 Å². The van der Waals surface area contributed by atoms with E-state index >= 15 is 0 Å². The lowest BCUT2D eigenvalue weighted by Gasteiger charge is -2.34. The van der Waals surface area contributed by atoms with E-state index in [0.717, 1.165) is 5.56 Å². The Morgan fingerprint density at radius 1 is 1.06 bits per heavy atom. The van der Waals surface area contributed by atoms with Gasteiger partial charge in [-0.25, -0.2) is 8.42 Å². The van der Waals surface area contributed by atoms with Gasteiger partial charge >= 0.3 is 0 Å². The SMILES string of the molecule is Cc1ccc(C(=O)N2CCN(S(=O)(=O)c3cc4c(cc3C)NC(=O)[C@@H](C)O4)CC2)cc1. The van der Waals surface area contributed by atoms with Crippen LogP contribution in [0.1, 0.15) is 28.4 Å². The summed E-state index contributed by atoms with van der Waals surface area (Å²) < 4.78 is 33.6. The van der Waals surface area contributed by atoms with E-state index in [1.165, 1.54) is 10.4 Å². The Labute approximate surface area is 181 Å². The lowest BCUT2D eigenvalue weighted by atomic mass is 10.1. The van der Waals surface area contributed by atoms with Crippen molar-refractivity contribution in [1.29, 1.82) is 0 Å². The molecule has 2 aromatic carbocycles. The number of anilines is 1. The van der Waals surface area contributed by atoms with Crippen LogP contribution < -0.4 is 10.1 Å². The van der Waals surface area contributed by atoms with E-state index in [2.05, 4.69) is 5.32 Å². The average Bonchev–Trinajstić information content (AvgIpc) is 2.74. The number of ether oxygens (including phenoxy) is 1. The molecule has 31 heavy (non-hydrogen) atoms. The number of rotatable bonds is 3. The second-order valence-corrected chi connectivity index (χ2v) is 9.83. The van der Waals surface area contributed by atoms with Gasteiger partial charge in [-0.15, -0.1) is 0 Å². The number of sulfonamides is 1. The number of carbonyl (C=O) groups excluding carboxylic acids is 2. The van der Waals surface area contributed by atoms with Crippen LogP contribution in [0.3, 0.4) is 0 Å². The molecule has 2 aliphatic rings. The Morgan fingerprint density at radius 2 is 1.71 bits per heavy atom. The van der Waals surface area contributed by atoms with E-state index < -0.39 is 16.1 Å². The molecule has 0 aromatic heterocycles. The fourth-order valence-electron chi connectivity index (χ4n) is 3.77. The topological polar surface area (TPSA) is 96.0 Å². The Balaban J connectivity index is 1.51. The smallest absolute Gasteiger partial charge is 0.265 e. The van der Waals surface area contributed by atoms with Crippen LogP contribution in [0.25, 0.3) is 0 Å². The molecule has 0 unspecified atom stereocenters. The summed E-state index contributed by atoms with van der Waals surface area (Å²) in [6.45, 7) is 6.32. The van der Waals surface area contributed by atoms with Crippen molar-refractivity contribution in [3.05, 3.63) is 53.1 Å². The highest BCUT2D eigenvalue weighted by Crippen LogP contribution is 2.35. The molecule has 2 aliphatic heterocycles. The maximum absolute atomic E-state index is 13.3. The Morgan fingerprint density at radius 3 is 2.35 bits per heavy atom. The van der Waals surface area contributed by atoms with E-state index in [-0.39, 0.29) is 29.8 Å². The molecule has 0 saturated carbocycles. The molecule has 1 N–H and O–H groups in total. The highest BCUT2D eigenvalue weighted by Gasteiger charge is 2.33. The molecule has 8 nitrogen and oxygen atoms in total. The summed E-state index contributed by atoms with van der Waals surface area (Å²) >= 11 is 0. The Bertz CT molecular complexity index is 1140. The van der Waals surface area contributed by atoms with Crippen LogP contribution in [0.2, 0.25) is 0 Å². The largest absolute Gasteiger partial charge is 0.479 e. The minimum absolute atomic E-state index is 0.0971. The van der Waals surface area contributed by atoms with Crippen molar-refractivity contribution >= 4 is 27.5 Å². The third kappa shape index (κ3) is 4.03. The standard InChI is InChI=1S/C22H25N3O5S/c1-14-4-6-17(7-5-14)22(27)24-8-10-25(11-9-24)31(28,29)20-13-19-18(12-15(20)2)23-21(26)16(3)30-19/h4-7,12-13,16H,8-11H2,1-3H3,(H,23,26)/t16-/m1/s1. The quantitative estimate of drug-likeness (QED) is 0.784. The zero-order valence-electron chi connectivity index (χ0n) is 17.7. The van der Waals surface area contributed by atoms with Gasteiger partial charge in [0, 0.05) is 37.8 Å². The molecule has 1 atom stereocenters. The maximum Gasteiger partial charge on any atom is 0.265 e. The number of carbonyl (C=O) groups is 2. The molecule has 9 heteroatoms. The van der Waals surface area contributed by atoms with Gasteiger partial charge in [0.05, 0.1) is 10.6 Å². The van der Waals surface area contributed by atoms with Crippen LogP contribution in [-0.2, 0) is 14.8 Å². The van der Waals surface area contributed by atoms with Crippen molar-refractivity contribution in [2.75, 3.05) is 31.5 Å². The monoisotopic (exact) mass is 443 g/mol. The van der Waals surface area contributed by atoms with E-state index in [1.807, 2.05) is 19.1 Å². The van der Waals surface area contributed by atoms with Gasteiger partial charge < -0.3 is 15.0 Å². The van der Waals surface area contributed by atoms with Gasteiger partial charge in [-0.05, 0) is 44.5 Å².